The molecule has 0 spiro atoms. The fourth-order valence-corrected chi connectivity index (χ4v) is 2.22. The first-order valence-corrected chi connectivity index (χ1v) is 7.73. The maximum Gasteiger partial charge on any atom is 0.164 e. The maximum atomic E-state index is 5.94. The van der Waals surface area contributed by atoms with E-state index in [1.807, 2.05) is 0 Å². The molecule has 105 valence electrons. The molecule has 0 N–H and O–H groups in total. The van der Waals surface area contributed by atoms with E-state index in [0.717, 1.165) is 55.6 Å². The van der Waals surface area contributed by atoms with Crippen molar-refractivity contribution in [1.82, 2.24) is 0 Å². The van der Waals surface area contributed by atoms with Gasteiger partial charge in [0.05, 0.1) is 23.5 Å². The van der Waals surface area contributed by atoms with Crippen molar-refractivity contribution in [1.29, 1.82) is 0 Å². The van der Waals surface area contributed by atoms with Gasteiger partial charge in [0, 0.05) is 0 Å². The Labute approximate surface area is 120 Å². The molecule has 0 unspecified atom stereocenters. The molecule has 0 aliphatic rings. The number of benzene rings is 1. The van der Waals surface area contributed by atoms with Crippen molar-refractivity contribution in [3.05, 3.63) is 17.2 Å². The second-order valence-electron chi connectivity index (χ2n) is 4.93. The zero-order valence-electron chi connectivity index (χ0n) is 12.6. The standard InChI is InChI=1S/C16H25O2Si/c1-5-7-9-17-15-13(4)12(3)11-14(19)16(15)18-10-8-6-2/h11H,5-10H2,1-4H3. The van der Waals surface area contributed by atoms with Crippen molar-refractivity contribution in [2.45, 2.75) is 53.4 Å². The van der Waals surface area contributed by atoms with Crippen LogP contribution in [0.4, 0.5) is 0 Å². The van der Waals surface area contributed by atoms with Gasteiger partial charge in [-0.05, 0) is 43.0 Å². The molecule has 0 atom stereocenters. The molecule has 0 heterocycles. The van der Waals surface area contributed by atoms with E-state index in [4.69, 9.17) is 9.47 Å². The van der Waals surface area contributed by atoms with Gasteiger partial charge in [-0.15, -0.1) is 0 Å². The van der Waals surface area contributed by atoms with E-state index < -0.39 is 0 Å². The van der Waals surface area contributed by atoms with Crippen molar-refractivity contribution in [3.8, 4) is 11.5 Å². The molecule has 3 radical (unpaired) electrons. The van der Waals surface area contributed by atoms with Crippen molar-refractivity contribution in [2.24, 2.45) is 0 Å². The van der Waals surface area contributed by atoms with E-state index in [-0.39, 0.29) is 0 Å². The van der Waals surface area contributed by atoms with E-state index in [9.17, 15) is 0 Å². The number of aryl methyl sites for hydroxylation is 1. The van der Waals surface area contributed by atoms with Gasteiger partial charge < -0.3 is 9.47 Å². The summed E-state index contributed by atoms with van der Waals surface area (Å²) in [5.41, 5.74) is 2.39. The maximum absolute atomic E-state index is 5.94. The topological polar surface area (TPSA) is 18.5 Å². The quantitative estimate of drug-likeness (QED) is 0.535. The van der Waals surface area contributed by atoms with Gasteiger partial charge in [-0.3, -0.25) is 0 Å². The van der Waals surface area contributed by atoms with Gasteiger partial charge in [0.1, 0.15) is 0 Å². The molecule has 0 bridgehead atoms. The first kappa shape index (κ1) is 16.1. The summed E-state index contributed by atoms with van der Waals surface area (Å²) in [6.07, 6.45) is 4.40. The largest absolute Gasteiger partial charge is 0.490 e. The van der Waals surface area contributed by atoms with Crippen molar-refractivity contribution in [2.75, 3.05) is 13.2 Å². The zero-order valence-corrected chi connectivity index (χ0v) is 13.6. The Morgan fingerprint density at radius 2 is 1.47 bits per heavy atom. The van der Waals surface area contributed by atoms with Crippen LogP contribution in [0.25, 0.3) is 0 Å². The molecule has 0 saturated heterocycles. The molecule has 19 heavy (non-hydrogen) atoms. The lowest BCUT2D eigenvalue weighted by Crippen LogP contribution is -2.15. The fourth-order valence-electron chi connectivity index (χ4n) is 1.82. The van der Waals surface area contributed by atoms with Gasteiger partial charge in [-0.2, -0.15) is 0 Å². The average Bonchev–Trinajstić information content (AvgIpc) is 2.38. The molecule has 0 aliphatic carbocycles. The minimum atomic E-state index is 0.737. The lowest BCUT2D eigenvalue weighted by Gasteiger charge is -2.18. The van der Waals surface area contributed by atoms with Crippen molar-refractivity contribution in [3.63, 3.8) is 0 Å². The van der Waals surface area contributed by atoms with E-state index >= 15 is 0 Å². The Morgan fingerprint density at radius 3 is 2.00 bits per heavy atom. The molecule has 0 saturated carbocycles. The van der Waals surface area contributed by atoms with Crippen LogP contribution in [0.3, 0.4) is 0 Å². The second kappa shape index (κ2) is 8.26. The van der Waals surface area contributed by atoms with Gasteiger partial charge in [-0.1, -0.05) is 32.8 Å². The molecule has 0 aromatic heterocycles. The molecule has 1 rings (SSSR count). The fraction of sp³-hybridized carbons (Fsp3) is 0.625. The van der Waals surface area contributed by atoms with E-state index in [1.54, 1.807) is 0 Å². The predicted octanol–water partition coefficient (Wildman–Crippen LogP) is 3.46. The number of hydrogen-bond donors (Lipinski definition) is 0. The van der Waals surface area contributed by atoms with Crippen LogP contribution in [0, 0.1) is 13.8 Å². The summed E-state index contributed by atoms with van der Waals surface area (Å²) in [4.78, 5) is 0. The predicted molar refractivity (Wildman–Crippen MR) is 82.1 cm³/mol. The smallest absolute Gasteiger partial charge is 0.164 e. The molecule has 0 aliphatic heterocycles. The second-order valence-corrected chi connectivity index (χ2v) is 5.47. The third-order valence-corrected chi connectivity index (χ3v) is 3.60. The van der Waals surface area contributed by atoms with Gasteiger partial charge in [0.2, 0.25) is 0 Å². The Hall–Kier alpha value is -0.963. The van der Waals surface area contributed by atoms with Crippen LogP contribution in [0.5, 0.6) is 11.5 Å². The zero-order chi connectivity index (χ0) is 14.3. The summed E-state index contributed by atoms with van der Waals surface area (Å²) in [6, 6.07) is 2.10. The van der Waals surface area contributed by atoms with Crippen LogP contribution < -0.4 is 14.7 Å². The van der Waals surface area contributed by atoms with E-state index in [0.29, 0.717) is 0 Å². The summed E-state index contributed by atoms with van der Waals surface area (Å²) in [5, 5.41) is 0.978. The van der Waals surface area contributed by atoms with Crippen LogP contribution in [0.1, 0.15) is 50.7 Å². The summed E-state index contributed by atoms with van der Waals surface area (Å²) >= 11 is 0. The minimum Gasteiger partial charge on any atom is -0.490 e. The van der Waals surface area contributed by atoms with Crippen LogP contribution >= 0.6 is 0 Å². The minimum absolute atomic E-state index is 0.737. The normalized spacial score (nSPS) is 10.6. The summed E-state index contributed by atoms with van der Waals surface area (Å²) in [7, 11) is 3.64. The van der Waals surface area contributed by atoms with Crippen LogP contribution in [0.15, 0.2) is 6.07 Å². The summed E-state index contributed by atoms with van der Waals surface area (Å²) in [6.45, 7) is 10.0. The van der Waals surface area contributed by atoms with Crippen molar-refractivity contribution < 1.29 is 9.47 Å². The van der Waals surface area contributed by atoms with Crippen LogP contribution in [0.2, 0.25) is 0 Å². The first-order chi connectivity index (χ1) is 9.11. The monoisotopic (exact) mass is 277 g/mol. The number of hydrogen-bond acceptors (Lipinski definition) is 2. The number of ether oxygens (including phenoxy) is 2. The highest BCUT2D eigenvalue weighted by Gasteiger charge is 2.14. The van der Waals surface area contributed by atoms with Gasteiger partial charge in [-0.25, -0.2) is 0 Å². The van der Waals surface area contributed by atoms with Gasteiger partial charge >= 0.3 is 0 Å². The molecule has 2 nitrogen and oxygen atoms in total. The highest BCUT2D eigenvalue weighted by Crippen LogP contribution is 2.31. The Morgan fingerprint density at radius 1 is 0.947 bits per heavy atom. The molecule has 3 heteroatoms. The van der Waals surface area contributed by atoms with E-state index in [1.165, 1.54) is 11.1 Å². The summed E-state index contributed by atoms with van der Waals surface area (Å²) < 4.78 is 11.8. The van der Waals surface area contributed by atoms with Crippen molar-refractivity contribution >= 4 is 15.4 Å². The molecular formula is C16H25O2Si. The highest BCUT2D eigenvalue weighted by molar-refractivity contribution is 6.34. The number of rotatable bonds is 8. The van der Waals surface area contributed by atoms with Gasteiger partial charge in [0.25, 0.3) is 0 Å². The SMILES string of the molecule is CCCCOc1c([Si])cc(C)c(C)c1OCCCC. The molecule has 1 aromatic rings. The molecule has 1 aromatic carbocycles. The third-order valence-electron chi connectivity index (χ3n) is 3.23. The molecule has 0 fully saturated rings. The third kappa shape index (κ3) is 4.57. The number of unbranched alkanes of at least 4 members (excludes halogenated alkanes) is 2. The Balaban J connectivity index is 2.93. The summed E-state index contributed by atoms with van der Waals surface area (Å²) in [5.74, 6) is 1.75. The average molecular weight is 277 g/mol. The highest BCUT2D eigenvalue weighted by atomic mass is 28.1. The lowest BCUT2D eigenvalue weighted by atomic mass is 10.1. The van der Waals surface area contributed by atoms with E-state index in [2.05, 4.69) is 44.0 Å². The molecule has 0 amide bonds. The Kier molecular flexibility index (Phi) is 6.99. The molecular weight excluding hydrogens is 252 g/mol. The van der Waals surface area contributed by atoms with Crippen LogP contribution in [-0.4, -0.2) is 23.5 Å². The van der Waals surface area contributed by atoms with Crippen LogP contribution in [-0.2, 0) is 0 Å². The van der Waals surface area contributed by atoms with Gasteiger partial charge in [0.15, 0.2) is 11.5 Å². The Bertz CT molecular complexity index is 402. The lowest BCUT2D eigenvalue weighted by molar-refractivity contribution is 0.262. The first-order valence-electron chi connectivity index (χ1n) is 7.23.